The van der Waals surface area contributed by atoms with E-state index in [0.717, 1.165) is 32.8 Å². The van der Waals surface area contributed by atoms with Gasteiger partial charge in [0.1, 0.15) is 0 Å². The van der Waals surface area contributed by atoms with Crippen LogP contribution in [0.5, 0.6) is 0 Å². The van der Waals surface area contributed by atoms with Crippen LogP contribution in [0.1, 0.15) is 27.3 Å². The summed E-state index contributed by atoms with van der Waals surface area (Å²) in [5.74, 6) is -0.349. The molecule has 0 saturated carbocycles. The Morgan fingerprint density at radius 1 is 1.08 bits per heavy atom. The zero-order valence-electron chi connectivity index (χ0n) is 14.9. The normalized spacial score (nSPS) is 11.1. The molecule has 26 heavy (non-hydrogen) atoms. The first kappa shape index (κ1) is 18.1. The number of halogens is 1. The van der Waals surface area contributed by atoms with Crippen LogP contribution in [0.25, 0.3) is 5.69 Å². The lowest BCUT2D eigenvalue weighted by molar-refractivity contribution is 0.0601. The summed E-state index contributed by atoms with van der Waals surface area (Å²) in [7, 11) is 1.37. The number of nitrogens with zero attached hydrogens (tertiary/aromatic N) is 2. The molecule has 4 nitrogen and oxygen atoms in total. The summed E-state index contributed by atoms with van der Waals surface area (Å²) in [6, 6.07) is 17.4. The fourth-order valence-corrected chi connectivity index (χ4v) is 3.12. The molecule has 3 rings (SSSR count). The maximum atomic E-state index is 11.5. The van der Waals surface area contributed by atoms with Gasteiger partial charge in [-0.05, 0) is 68.4 Å². The zero-order valence-corrected chi connectivity index (χ0v) is 16.4. The number of esters is 1. The molecule has 132 valence electrons. The van der Waals surface area contributed by atoms with Crippen molar-refractivity contribution >= 4 is 33.8 Å². The van der Waals surface area contributed by atoms with E-state index in [-0.39, 0.29) is 5.97 Å². The fourth-order valence-electron chi connectivity index (χ4n) is 2.85. The number of aliphatic imine (C=N–C) groups is 1. The Morgan fingerprint density at radius 3 is 2.35 bits per heavy atom. The number of benzene rings is 2. The van der Waals surface area contributed by atoms with Gasteiger partial charge in [-0.1, -0.05) is 15.9 Å². The van der Waals surface area contributed by atoms with E-state index >= 15 is 0 Å². The molecule has 0 N–H and O–H groups in total. The van der Waals surface area contributed by atoms with Crippen molar-refractivity contribution in [1.82, 2.24) is 4.57 Å². The van der Waals surface area contributed by atoms with E-state index in [1.54, 1.807) is 24.3 Å². The standard InChI is InChI=1S/C21H19BrN2O2/c1-14-12-17(15(2)24(14)20-10-6-18(22)7-11-20)13-23-19-8-4-16(5-9-19)21(25)26-3/h4-13H,1-3H3. The summed E-state index contributed by atoms with van der Waals surface area (Å²) < 4.78 is 7.96. The van der Waals surface area contributed by atoms with E-state index < -0.39 is 0 Å². The summed E-state index contributed by atoms with van der Waals surface area (Å²) in [6.45, 7) is 4.16. The van der Waals surface area contributed by atoms with E-state index in [1.165, 1.54) is 7.11 Å². The first-order valence-corrected chi connectivity index (χ1v) is 8.96. The molecule has 0 fully saturated rings. The second-order valence-corrected chi connectivity index (χ2v) is 6.85. The third-order valence-corrected chi connectivity index (χ3v) is 4.72. The lowest BCUT2D eigenvalue weighted by Crippen LogP contribution is -2.00. The van der Waals surface area contributed by atoms with Crippen LogP contribution < -0.4 is 0 Å². The summed E-state index contributed by atoms with van der Waals surface area (Å²) >= 11 is 3.47. The lowest BCUT2D eigenvalue weighted by atomic mass is 10.2. The number of carbonyl (C=O) groups excluding carboxylic acids is 1. The molecule has 0 unspecified atom stereocenters. The molecule has 0 saturated heterocycles. The highest BCUT2D eigenvalue weighted by Crippen LogP contribution is 2.22. The van der Waals surface area contributed by atoms with E-state index in [9.17, 15) is 4.79 Å². The number of carbonyl (C=O) groups is 1. The van der Waals surface area contributed by atoms with Gasteiger partial charge in [-0.15, -0.1) is 0 Å². The zero-order chi connectivity index (χ0) is 18.7. The maximum absolute atomic E-state index is 11.5. The number of rotatable bonds is 4. The Labute approximate surface area is 161 Å². The molecule has 5 heteroatoms. The van der Waals surface area contributed by atoms with Crippen molar-refractivity contribution < 1.29 is 9.53 Å². The van der Waals surface area contributed by atoms with E-state index in [1.807, 2.05) is 18.3 Å². The van der Waals surface area contributed by atoms with Crippen molar-refractivity contribution in [3.8, 4) is 5.69 Å². The first-order chi connectivity index (χ1) is 12.5. The number of aromatic nitrogens is 1. The molecule has 3 aromatic rings. The highest BCUT2D eigenvalue weighted by molar-refractivity contribution is 9.10. The minimum absolute atomic E-state index is 0.349. The van der Waals surface area contributed by atoms with Crippen LogP contribution in [-0.4, -0.2) is 23.9 Å². The number of aryl methyl sites for hydroxylation is 1. The van der Waals surface area contributed by atoms with Gasteiger partial charge in [0, 0.05) is 33.3 Å². The van der Waals surface area contributed by atoms with Gasteiger partial charge in [-0.3, -0.25) is 4.99 Å². The smallest absolute Gasteiger partial charge is 0.337 e. The van der Waals surface area contributed by atoms with Crippen LogP contribution in [0, 0.1) is 13.8 Å². The Kier molecular flexibility index (Phi) is 5.38. The molecule has 0 amide bonds. The van der Waals surface area contributed by atoms with Crippen LogP contribution in [0.2, 0.25) is 0 Å². The van der Waals surface area contributed by atoms with Crippen LogP contribution in [0.4, 0.5) is 5.69 Å². The predicted molar refractivity (Wildman–Crippen MR) is 108 cm³/mol. The van der Waals surface area contributed by atoms with Gasteiger partial charge >= 0.3 is 5.97 Å². The van der Waals surface area contributed by atoms with Gasteiger partial charge in [-0.2, -0.15) is 0 Å². The average Bonchev–Trinajstić information content (AvgIpc) is 2.94. The van der Waals surface area contributed by atoms with Crippen molar-refractivity contribution in [1.29, 1.82) is 0 Å². The van der Waals surface area contributed by atoms with Crippen LogP contribution >= 0.6 is 15.9 Å². The number of hydrogen-bond donors (Lipinski definition) is 0. The third kappa shape index (κ3) is 3.78. The van der Waals surface area contributed by atoms with Gasteiger partial charge in [0.2, 0.25) is 0 Å². The highest BCUT2D eigenvalue weighted by Gasteiger charge is 2.09. The molecule has 0 bridgehead atoms. The second-order valence-electron chi connectivity index (χ2n) is 5.93. The monoisotopic (exact) mass is 410 g/mol. The third-order valence-electron chi connectivity index (χ3n) is 4.20. The Bertz CT molecular complexity index is 955. The number of hydrogen-bond acceptors (Lipinski definition) is 3. The number of ether oxygens (including phenoxy) is 1. The molecule has 1 heterocycles. The minimum Gasteiger partial charge on any atom is -0.465 e. The van der Waals surface area contributed by atoms with Crippen molar-refractivity contribution in [3.05, 3.63) is 81.6 Å². The highest BCUT2D eigenvalue weighted by atomic mass is 79.9. The van der Waals surface area contributed by atoms with Crippen LogP contribution in [-0.2, 0) is 4.74 Å². The van der Waals surface area contributed by atoms with Crippen molar-refractivity contribution in [2.45, 2.75) is 13.8 Å². The Morgan fingerprint density at radius 2 is 1.73 bits per heavy atom. The van der Waals surface area contributed by atoms with Crippen molar-refractivity contribution in [3.63, 3.8) is 0 Å². The molecule has 0 atom stereocenters. The van der Waals surface area contributed by atoms with Crippen LogP contribution in [0.3, 0.4) is 0 Å². The largest absolute Gasteiger partial charge is 0.465 e. The lowest BCUT2D eigenvalue weighted by Gasteiger charge is -2.09. The molecule has 1 aromatic heterocycles. The summed E-state index contributed by atoms with van der Waals surface area (Å²) in [5, 5.41) is 0. The predicted octanol–water partition coefficient (Wildman–Crippen LogP) is 5.39. The van der Waals surface area contributed by atoms with Crippen LogP contribution in [0.15, 0.2) is 64.1 Å². The van der Waals surface area contributed by atoms with Crippen molar-refractivity contribution in [2.24, 2.45) is 4.99 Å². The topological polar surface area (TPSA) is 43.6 Å². The van der Waals surface area contributed by atoms with Crippen molar-refractivity contribution in [2.75, 3.05) is 7.11 Å². The molecule has 0 aliphatic heterocycles. The van der Waals surface area contributed by atoms with E-state index in [0.29, 0.717) is 5.56 Å². The summed E-state index contributed by atoms with van der Waals surface area (Å²) in [4.78, 5) is 16.0. The van der Waals surface area contributed by atoms with Gasteiger partial charge in [0.15, 0.2) is 0 Å². The molecular formula is C21H19BrN2O2. The molecule has 0 radical (unpaired) electrons. The fraction of sp³-hybridized carbons (Fsp3) is 0.143. The Hall–Kier alpha value is -2.66. The van der Waals surface area contributed by atoms with E-state index in [2.05, 4.69) is 57.5 Å². The van der Waals surface area contributed by atoms with E-state index in [4.69, 9.17) is 4.74 Å². The van der Waals surface area contributed by atoms with Gasteiger partial charge < -0.3 is 9.30 Å². The SMILES string of the molecule is COC(=O)c1ccc(N=Cc2cc(C)n(-c3ccc(Br)cc3)c2C)cc1. The quantitative estimate of drug-likeness (QED) is 0.427. The van der Waals surface area contributed by atoms with Gasteiger partial charge in [0.25, 0.3) is 0 Å². The second kappa shape index (κ2) is 7.70. The summed E-state index contributed by atoms with van der Waals surface area (Å²) in [6.07, 6.45) is 1.85. The first-order valence-electron chi connectivity index (χ1n) is 8.17. The molecule has 0 aliphatic carbocycles. The Balaban J connectivity index is 1.86. The number of methoxy groups -OCH3 is 1. The summed E-state index contributed by atoms with van der Waals surface area (Å²) in [5.41, 5.74) is 5.74. The molecule has 0 spiro atoms. The maximum Gasteiger partial charge on any atom is 0.337 e. The molecule has 0 aliphatic rings. The molecule has 2 aromatic carbocycles. The van der Waals surface area contributed by atoms with Gasteiger partial charge in [0.05, 0.1) is 18.4 Å². The average molecular weight is 411 g/mol. The molecular weight excluding hydrogens is 392 g/mol. The van der Waals surface area contributed by atoms with Gasteiger partial charge in [-0.25, -0.2) is 4.79 Å². The minimum atomic E-state index is -0.349.